The molecular formula is C15H14N6O2. The zero-order valence-electron chi connectivity index (χ0n) is 12.1. The number of fused-ring (bicyclic) bond motifs is 1. The van der Waals surface area contributed by atoms with E-state index in [9.17, 15) is 9.59 Å². The molecule has 0 aliphatic carbocycles. The van der Waals surface area contributed by atoms with Crippen LogP contribution in [0.2, 0.25) is 0 Å². The largest absolute Gasteiger partial charge is 0.324 e. The number of nitrogen functional groups attached to an aromatic ring is 1. The smallest absolute Gasteiger partial charge is 0.265 e. The number of para-hydroxylation sites is 1. The van der Waals surface area contributed by atoms with Gasteiger partial charge in [-0.15, -0.1) is 5.10 Å². The van der Waals surface area contributed by atoms with Crippen molar-refractivity contribution in [1.82, 2.24) is 20.4 Å². The third-order valence-corrected chi connectivity index (χ3v) is 3.28. The van der Waals surface area contributed by atoms with E-state index in [-0.39, 0.29) is 12.5 Å². The minimum absolute atomic E-state index is 0.0472. The Labute approximate surface area is 131 Å². The highest BCUT2D eigenvalue weighted by atomic mass is 16.2. The van der Waals surface area contributed by atoms with Crippen LogP contribution in [0.25, 0.3) is 11.0 Å². The maximum absolute atomic E-state index is 12.1. The first-order valence-electron chi connectivity index (χ1n) is 6.86. The molecule has 0 bridgehead atoms. The first-order valence-corrected chi connectivity index (χ1v) is 6.86. The molecule has 8 heteroatoms. The Morgan fingerprint density at radius 3 is 2.57 bits per heavy atom. The summed E-state index contributed by atoms with van der Waals surface area (Å²) in [5.74, 6) is 4.43. The van der Waals surface area contributed by atoms with Gasteiger partial charge in [-0.05, 0) is 36.4 Å². The molecule has 0 unspecified atom stereocenters. The van der Waals surface area contributed by atoms with Crippen LogP contribution < -0.4 is 16.6 Å². The number of hydrogen-bond acceptors (Lipinski definition) is 5. The minimum Gasteiger partial charge on any atom is -0.324 e. The van der Waals surface area contributed by atoms with Crippen LogP contribution in [0, 0.1) is 0 Å². The van der Waals surface area contributed by atoms with E-state index in [1.165, 1.54) is 4.68 Å². The number of nitrogens with two attached hydrogens (primary N) is 1. The quantitative estimate of drug-likeness (QED) is 0.372. The molecule has 0 fully saturated rings. The van der Waals surface area contributed by atoms with Crippen LogP contribution in [0.3, 0.4) is 0 Å². The molecule has 4 N–H and O–H groups in total. The highest BCUT2D eigenvalue weighted by molar-refractivity contribution is 5.95. The van der Waals surface area contributed by atoms with Gasteiger partial charge in [-0.2, -0.15) is 0 Å². The van der Waals surface area contributed by atoms with Gasteiger partial charge in [0.15, 0.2) is 0 Å². The Bertz CT molecular complexity index is 856. The number of amides is 2. The number of nitrogens with zero attached hydrogens (tertiary/aromatic N) is 3. The maximum atomic E-state index is 12.1. The fraction of sp³-hybridized carbons (Fsp3) is 0.0667. The lowest BCUT2D eigenvalue weighted by Gasteiger charge is -2.06. The molecule has 3 aromatic rings. The Morgan fingerprint density at radius 2 is 1.83 bits per heavy atom. The Morgan fingerprint density at radius 1 is 1.09 bits per heavy atom. The second kappa shape index (κ2) is 6.24. The van der Waals surface area contributed by atoms with E-state index >= 15 is 0 Å². The van der Waals surface area contributed by atoms with Crippen LogP contribution in [-0.2, 0) is 11.3 Å². The second-order valence-corrected chi connectivity index (χ2v) is 4.83. The Kier molecular flexibility index (Phi) is 3.98. The van der Waals surface area contributed by atoms with Crippen molar-refractivity contribution in [1.29, 1.82) is 0 Å². The third kappa shape index (κ3) is 3.16. The average Bonchev–Trinajstić information content (AvgIpc) is 2.98. The molecule has 0 aliphatic rings. The van der Waals surface area contributed by atoms with Crippen LogP contribution in [0.5, 0.6) is 0 Å². The molecule has 2 aromatic carbocycles. The van der Waals surface area contributed by atoms with Crippen molar-refractivity contribution in [2.75, 3.05) is 5.32 Å². The number of hydrogen-bond donors (Lipinski definition) is 3. The topological polar surface area (TPSA) is 115 Å². The summed E-state index contributed by atoms with van der Waals surface area (Å²) in [4.78, 5) is 23.4. The first kappa shape index (κ1) is 14.7. The molecule has 0 atom stereocenters. The van der Waals surface area contributed by atoms with Gasteiger partial charge < -0.3 is 5.32 Å². The van der Waals surface area contributed by atoms with Crippen molar-refractivity contribution in [3.05, 3.63) is 54.1 Å². The fourth-order valence-corrected chi connectivity index (χ4v) is 2.16. The molecule has 0 aliphatic heterocycles. The van der Waals surface area contributed by atoms with Crippen LogP contribution >= 0.6 is 0 Å². The summed E-state index contributed by atoms with van der Waals surface area (Å²) in [5.41, 5.74) is 4.55. The molecule has 2 amide bonds. The number of carbonyl (C=O) groups excluding carboxylic acids is 2. The zero-order valence-corrected chi connectivity index (χ0v) is 12.1. The number of carbonyl (C=O) groups is 2. The van der Waals surface area contributed by atoms with Gasteiger partial charge in [0.25, 0.3) is 5.91 Å². The van der Waals surface area contributed by atoms with Crippen molar-refractivity contribution < 1.29 is 9.59 Å². The molecule has 1 aromatic heterocycles. The van der Waals surface area contributed by atoms with E-state index in [1.807, 2.05) is 29.7 Å². The summed E-state index contributed by atoms with van der Waals surface area (Å²) < 4.78 is 1.53. The summed E-state index contributed by atoms with van der Waals surface area (Å²) in [5, 5.41) is 10.7. The van der Waals surface area contributed by atoms with Crippen LogP contribution in [0.4, 0.5) is 5.69 Å². The highest BCUT2D eigenvalue weighted by Gasteiger charge is 2.09. The number of aromatic nitrogens is 3. The van der Waals surface area contributed by atoms with Gasteiger partial charge in [-0.1, -0.05) is 17.3 Å². The van der Waals surface area contributed by atoms with Gasteiger partial charge in [0.2, 0.25) is 5.91 Å². The van der Waals surface area contributed by atoms with Crippen LogP contribution in [-0.4, -0.2) is 26.8 Å². The Balaban J connectivity index is 1.68. The summed E-state index contributed by atoms with van der Waals surface area (Å²) in [7, 11) is 0. The predicted molar refractivity (Wildman–Crippen MR) is 84.3 cm³/mol. The molecular weight excluding hydrogens is 296 g/mol. The van der Waals surface area contributed by atoms with Crippen LogP contribution in [0.15, 0.2) is 48.5 Å². The lowest BCUT2D eigenvalue weighted by atomic mass is 10.2. The van der Waals surface area contributed by atoms with Crippen molar-refractivity contribution in [2.45, 2.75) is 6.54 Å². The van der Waals surface area contributed by atoms with Gasteiger partial charge >= 0.3 is 0 Å². The third-order valence-electron chi connectivity index (χ3n) is 3.28. The molecule has 23 heavy (non-hydrogen) atoms. The Hall–Kier alpha value is -3.26. The van der Waals surface area contributed by atoms with Crippen LogP contribution in [0.1, 0.15) is 10.4 Å². The fourth-order valence-electron chi connectivity index (χ4n) is 2.16. The van der Waals surface area contributed by atoms with Crippen molar-refractivity contribution >= 4 is 28.5 Å². The zero-order chi connectivity index (χ0) is 16.2. The predicted octanol–water partition coefficient (Wildman–Crippen LogP) is 0.673. The number of rotatable bonds is 4. The van der Waals surface area contributed by atoms with E-state index in [2.05, 4.69) is 15.6 Å². The molecule has 1 heterocycles. The van der Waals surface area contributed by atoms with Crippen molar-refractivity contribution in [2.24, 2.45) is 5.84 Å². The van der Waals surface area contributed by atoms with Gasteiger partial charge in [0.1, 0.15) is 12.1 Å². The van der Waals surface area contributed by atoms with Gasteiger partial charge in [-0.25, -0.2) is 10.5 Å². The molecule has 8 nitrogen and oxygen atoms in total. The van der Waals surface area contributed by atoms with Crippen molar-refractivity contribution in [3.8, 4) is 0 Å². The average molecular weight is 310 g/mol. The van der Waals surface area contributed by atoms with Crippen molar-refractivity contribution in [3.63, 3.8) is 0 Å². The van der Waals surface area contributed by atoms with E-state index < -0.39 is 5.91 Å². The van der Waals surface area contributed by atoms with E-state index in [0.29, 0.717) is 11.3 Å². The molecule has 0 spiro atoms. The minimum atomic E-state index is -0.392. The number of anilines is 1. The second-order valence-electron chi connectivity index (χ2n) is 4.83. The van der Waals surface area contributed by atoms with E-state index in [1.54, 1.807) is 24.3 Å². The summed E-state index contributed by atoms with van der Waals surface area (Å²) in [6, 6.07) is 13.8. The van der Waals surface area contributed by atoms with E-state index in [0.717, 1.165) is 11.0 Å². The monoisotopic (exact) mass is 310 g/mol. The summed E-state index contributed by atoms with van der Waals surface area (Å²) >= 11 is 0. The van der Waals surface area contributed by atoms with Gasteiger partial charge in [0.05, 0.1) is 5.52 Å². The molecule has 116 valence electrons. The first-order chi connectivity index (χ1) is 11.2. The molecule has 0 saturated heterocycles. The number of hydrazine groups is 1. The molecule has 0 saturated carbocycles. The summed E-state index contributed by atoms with van der Waals surface area (Å²) in [6.07, 6.45) is 0. The molecule has 0 radical (unpaired) electrons. The van der Waals surface area contributed by atoms with Gasteiger partial charge in [0, 0.05) is 11.3 Å². The normalized spacial score (nSPS) is 10.5. The summed E-state index contributed by atoms with van der Waals surface area (Å²) in [6.45, 7) is 0.0472. The highest BCUT2D eigenvalue weighted by Crippen LogP contribution is 2.12. The van der Waals surface area contributed by atoms with Gasteiger partial charge in [-0.3, -0.25) is 15.0 Å². The number of nitrogens with one attached hydrogen (secondary N) is 2. The molecule has 3 rings (SSSR count). The lowest BCUT2D eigenvalue weighted by molar-refractivity contribution is -0.116. The van der Waals surface area contributed by atoms with E-state index in [4.69, 9.17) is 5.84 Å². The maximum Gasteiger partial charge on any atom is 0.265 e. The lowest BCUT2D eigenvalue weighted by Crippen LogP contribution is -2.29. The SMILES string of the molecule is NNC(=O)c1ccc(NC(=O)Cn2nnc3ccccc32)cc1. The standard InChI is InChI=1S/C15H14N6O2/c16-18-15(23)10-5-7-11(8-6-10)17-14(22)9-21-13-4-2-1-3-12(13)19-20-21/h1-8H,9,16H2,(H,17,22)(H,18,23). The number of benzene rings is 2.